The number of amides is 1. The number of nitrogens with zero attached hydrogens (tertiary/aromatic N) is 1. The van der Waals surface area contributed by atoms with E-state index in [1.165, 1.54) is 0 Å². The largest absolute Gasteiger partial charge is 0.497 e. The van der Waals surface area contributed by atoms with Gasteiger partial charge < -0.3 is 20.1 Å². The molecule has 5 nitrogen and oxygen atoms in total. The first kappa shape index (κ1) is 20.0. The summed E-state index contributed by atoms with van der Waals surface area (Å²) in [6.07, 6.45) is 3.39. The zero-order valence-electron chi connectivity index (χ0n) is 14.9. The average molecular weight is 369 g/mol. The van der Waals surface area contributed by atoms with E-state index in [2.05, 4.69) is 5.32 Å². The Morgan fingerprint density at radius 2 is 2.00 bits per heavy atom. The van der Waals surface area contributed by atoms with E-state index in [0.29, 0.717) is 13.0 Å². The number of hydrogen-bond donors (Lipinski definition) is 2. The summed E-state index contributed by atoms with van der Waals surface area (Å²) in [5.41, 5.74) is 1.27. The van der Waals surface area contributed by atoms with E-state index in [1.54, 1.807) is 7.11 Å². The van der Waals surface area contributed by atoms with Crippen LogP contribution in [0.4, 0.5) is 0 Å². The van der Waals surface area contributed by atoms with Crippen LogP contribution in [-0.2, 0) is 11.2 Å². The first-order valence-corrected chi connectivity index (χ1v) is 8.89. The SMILES string of the molecule is COc1ccc(CCC(=O)N2CC(CO)C3(CCNCC3)C2)cc1.Cl. The lowest BCUT2D eigenvalue weighted by Gasteiger charge is -2.37. The van der Waals surface area contributed by atoms with Gasteiger partial charge in [0.05, 0.1) is 7.11 Å². The minimum Gasteiger partial charge on any atom is -0.497 e. The van der Waals surface area contributed by atoms with Crippen molar-refractivity contribution in [1.82, 2.24) is 10.2 Å². The zero-order chi connectivity index (χ0) is 17.0. The standard InChI is InChI=1S/C19H28N2O3.ClH/c1-24-17-5-2-15(3-6-17)4-7-18(23)21-12-16(13-22)19(14-21)8-10-20-11-9-19;/h2-3,5-6,16,20,22H,4,7-14H2,1H3;1H. The second-order valence-electron chi connectivity index (χ2n) is 7.11. The second kappa shape index (κ2) is 8.88. The van der Waals surface area contributed by atoms with Crippen LogP contribution in [0.2, 0.25) is 0 Å². The van der Waals surface area contributed by atoms with Gasteiger partial charge in [0, 0.05) is 32.0 Å². The van der Waals surface area contributed by atoms with E-state index in [9.17, 15) is 9.90 Å². The lowest BCUT2D eigenvalue weighted by Crippen LogP contribution is -2.43. The van der Waals surface area contributed by atoms with Gasteiger partial charge in [-0.05, 0) is 55.5 Å². The smallest absolute Gasteiger partial charge is 0.222 e. The predicted octanol–water partition coefficient (Wildman–Crippen LogP) is 1.87. The number of rotatable bonds is 5. The molecule has 1 atom stereocenters. The molecule has 1 unspecified atom stereocenters. The molecule has 1 spiro atoms. The van der Waals surface area contributed by atoms with Crippen LogP contribution in [0.5, 0.6) is 5.75 Å². The lowest BCUT2D eigenvalue weighted by atomic mass is 9.71. The topological polar surface area (TPSA) is 61.8 Å². The third kappa shape index (κ3) is 4.46. The van der Waals surface area contributed by atoms with Crippen molar-refractivity contribution in [2.24, 2.45) is 11.3 Å². The van der Waals surface area contributed by atoms with Crippen molar-refractivity contribution in [3.8, 4) is 5.75 Å². The van der Waals surface area contributed by atoms with Crippen molar-refractivity contribution in [2.45, 2.75) is 25.7 Å². The van der Waals surface area contributed by atoms with Crippen molar-refractivity contribution < 1.29 is 14.6 Å². The number of carbonyl (C=O) groups is 1. The Morgan fingerprint density at radius 1 is 1.32 bits per heavy atom. The van der Waals surface area contributed by atoms with E-state index in [0.717, 1.165) is 50.2 Å². The van der Waals surface area contributed by atoms with Gasteiger partial charge in [0.2, 0.25) is 5.91 Å². The van der Waals surface area contributed by atoms with Gasteiger partial charge in [-0.1, -0.05) is 12.1 Å². The monoisotopic (exact) mass is 368 g/mol. The summed E-state index contributed by atoms with van der Waals surface area (Å²) in [6, 6.07) is 7.89. The molecule has 1 aromatic carbocycles. The fourth-order valence-corrected chi connectivity index (χ4v) is 4.17. The molecule has 0 aromatic heterocycles. The predicted molar refractivity (Wildman–Crippen MR) is 100 cm³/mol. The maximum absolute atomic E-state index is 12.6. The summed E-state index contributed by atoms with van der Waals surface area (Å²) in [5, 5.41) is 13.2. The molecule has 0 radical (unpaired) electrons. The van der Waals surface area contributed by atoms with Gasteiger partial charge in [-0.3, -0.25) is 4.79 Å². The van der Waals surface area contributed by atoms with E-state index >= 15 is 0 Å². The van der Waals surface area contributed by atoms with Crippen molar-refractivity contribution >= 4 is 18.3 Å². The number of carbonyl (C=O) groups excluding carboxylic acids is 1. The highest BCUT2D eigenvalue weighted by Gasteiger charge is 2.47. The average Bonchev–Trinajstić information content (AvgIpc) is 2.98. The van der Waals surface area contributed by atoms with Crippen molar-refractivity contribution in [2.75, 3.05) is 39.9 Å². The first-order chi connectivity index (χ1) is 11.7. The molecule has 3 rings (SSSR count). The molecular weight excluding hydrogens is 340 g/mol. The molecule has 140 valence electrons. The third-order valence-electron chi connectivity index (χ3n) is 5.77. The van der Waals surface area contributed by atoms with Crippen LogP contribution in [0.25, 0.3) is 0 Å². The molecule has 0 saturated carbocycles. The minimum absolute atomic E-state index is 0. The molecular formula is C19H29ClN2O3. The van der Waals surface area contributed by atoms with E-state index < -0.39 is 0 Å². The molecule has 2 aliphatic rings. The molecule has 2 aliphatic heterocycles. The molecule has 25 heavy (non-hydrogen) atoms. The van der Waals surface area contributed by atoms with Crippen molar-refractivity contribution in [3.63, 3.8) is 0 Å². The van der Waals surface area contributed by atoms with E-state index in [-0.39, 0.29) is 36.3 Å². The Bertz CT molecular complexity index is 558. The van der Waals surface area contributed by atoms with Gasteiger partial charge in [0.1, 0.15) is 5.75 Å². The first-order valence-electron chi connectivity index (χ1n) is 8.89. The molecule has 1 aromatic rings. The van der Waals surface area contributed by atoms with Crippen LogP contribution in [-0.4, -0.2) is 55.8 Å². The maximum atomic E-state index is 12.6. The molecule has 2 fully saturated rings. The fourth-order valence-electron chi connectivity index (χ4n) is 4.17. The summed E-state index contributed by atoms with van der Waals surface area (Å²) < 4.78 is 5.16. The number of aliphatic hydroxyl groups is 1. The number of ether oxygens (including phenoxy) is 1. The zero-order valence-corrected chi connectivity index (χ0v) is 15.7. The Balaban J connectivity index is 0.00000225. The van der Waals surface area contributed by atoms with Gasteiger partial charge >= 0.3 is 0 Å². The number of benzene rings is 1. The van der Waals surface area contributed by atoms with Crippen LogP contribution in [0.15, 0.2) is 24.3 Å². The highest BCUT2D eigenvalue weighted by molar-refractivity contribution is 5.85. The second-order valence-corrected chi connectivity index (χ2v) is 7.11. The Hall–Kier alpha value is -1.30. The Morgan fingerprint density at radius 3 is 2.60 bits per heavy atom. The van der Waals surface area contributed by atoms with Gasteiger partial charge in [0.25, 0.3) is 0 Å². The number of aryl methyl sites for hydroxylation is 1. The molecule has 2 saturated heterocycles. The van der Waals surface area contributed by atoms with Crippen LogP contribution in [0, 0.1) is 11.3 Å². The summed E-state index contributed by atoms with van der Waals surface area (Å²) >= 11 is 0. The summed E-state index contributed by atoms with van der Waals surface area (Å²) in [5.74, 6) is 1.27. The number of hydrogen-bond acceptors (Lipinski definition) is 4. The van der Waals surface area contributed by atoms with Crippen molar-refractivity contribution in [3.05, 3.63) is 29.8 Å². The fraction of sp³-hybridized carbons (Fsp3) is 0.632. The summed E-state index contributed by atoms with van der Waals surface area (Å²) in [7, 11) is 1.65. The van der Waals surface area contributed by atoms with E-state index in [4.69, 9.17) is 4.74 Å². The molecule has 6 heteroatoms. The van der Waals surface area contributed by atoms with Gasteiger partial charge in [0.15, 0.2) is 0 Å². The number of methoxy groups -OCH3 is 1. The molecule has 0 bridgehead atoms. The van der Waals surface area contributed by atoms with Crippen LogP contribution in [0.3, 0.4) is 0 Å². The van der Waals surface area contributed by atoms with Crippen LogP contribution in [0.1, 0.15) is 24.8 Å². The summed E-state index contributed by atoms with van der Waals surface area (Å²) in [6.45, 7) is 3.68. The highest BCUT2D eigenvalue weighted by Crippen LogP contribution is 2.43. The Labute approximate surface area is 156 Å². The maximum Gasteiger partial charge on any atom is 0.222 e. The number of aliphatic hydroxyl groups excluding tert-OH is 1. The normalized spacial score (nSPS) is 21.8. The number of halogens is 1. The number of piperidine rings is 1. The molecule has 2 N–H and O–H groups in total. The van der Waals surface area contributed by atoms with Crippen molar-refractivity contribution in [1.29, 1.82) is 0 Å². The highest BCUT2D eigenvalue weighted by atomic mass is 35.5. The Kier molecular flexibility index (Phi) is 7.11. The third-order valence-corrected chi connectivity index (χ3v) is 5.77. The minimum atomic E-state index is 0. The van der Waals surface area contributed by atoms with E-state index in [1.807, 2.05) is 29.2 Å². The molecule has 1 amide bonds. The van der Waals surface area contributed by atoms with Gasteiger partial charge in [-0.15, -0.1) is 12.4 Å². The van der Waals surface area contributed by atoms with Gasteiger partial charge in [-0.2, -0.15) is 0 Å². The number of nitrogens with one attached hydrogen (secondary N) is 1. The number of likely N-dealkylation sites (tertiary alicyclic amines) is 1. The summed E-state index contributed by atoms with van der Waals surface area (Å²) in [4.78, 5) is 14.6. The quantitative estimate of drug-likeness (QED) is 0.833. The van der Waals surface area contributed by atoms with Gasteiger partial charge in [-0.25, -0.2) is 0 Å². The lowest BCUT2D eigenvalue weighted by molar-refractivity contribution is -0.130. The molecule has 0 aliphatic carbocycles. The van der Waals surface area contributed by atoms with Crippen LogP contribution >= 0.6 is 12.4 Å². The van der Waals surface area contributed by atoms with Crippen LogP contribution < -0.4 is 10.1 Å². The molecule has 2 heterocycles.